The number of hydrogen-bond acceptors (Lipinski definition) is 3. The van der Waals surface area contributed by atoms with E-state index in [1.54, 1.807) is 12.1 Å². The van der Waals surface area contributed by atoms with Crippen molar-refractivity contribution >= 4 is 12.2 Å². The van der Waals surface area contributed by atoms with Crippen molar-refractivity contribution in [2.75, 3.05) is 13.2 Å². The number of rotatable bonds is 2. The molecule has 0 unspecified atom stereocenters. The van der Waals surface area contributed by atoms with Crippen LogP contribution in [0.15, 0.2) is 29.3 Å². The van der Waals surface area contributed by atoms with E-state index < -0.39 is 0 Å². The summed E-state index contributed by atoms with van der Waals surface area (Å²) in [5, 5.41) is 0. The first-order valence-electron chi connectivity index (χ1n) is 4.13. The van der Waals surface area contributed by atoms with Crippen molar-refractivity contribution in [2.45, 2.75) is 0 Å². The van der Waals surface area contributed by atoms with Gasteiger partial charge in [-0.25, -0.2) is 4.99 Å². The third kappa shape index (κ3) is 1.59. The van der Waals surface area contributed by atoms with Gasteiger partial charge in [0.25, 0.3) is 0 Å². The zero-order chi connectivity index (χ0) is 9.10. The molecule has 1 heterocycles. The second kappa shape index (κ2) is 3.39. The van der Waals surface area contributed by atoms with Crippen molar-refractivity contribution in [2.24, 2.45) is 4.99 Å². The molecule has 1 aliphatic rings. The third-order valence-electron chi connectivity index (χ3n) is 1.88. The van der Waals surface area contributed by atoms with Crippen molar-refractivity contribution in [3.63, 3.8) is 0 Å². The third-order valence-corrected chi connectivity index (χ3v) is 1.88. The lowest BCUT2D eigenvalue weighted by atomic mass is 10.1. The van der Waals surface area contributed by atoms with Crippen LogP contribution in [0.1, 0.15) is 15.9 Å². The smallest absolute Gasteiger partial charge is 0.216 e. The summed E-state index contributed by atoms with van der Waals surface area (Å²) in [6.45, 7) is 1.38. The van der Waals surface area contributed by atoms with Gasteiger partial charge < -0.3 is 4.74 Å². The Bertz CT molecular complexity index is 340. The lowest BCUT2D eigenvalue weighted by Gasteiger charge is -2.00. The first-order chi connectivity index (χ1) is 6.40. The van der Waals surface area contributed by atoms with Crippen LogP contribution in [0, 0.1) is 0 Å². The summed E-state index contributed by atoms with van der Waals surface area (Å²) in [5.74, 6) is 0.678. The molecule has 1 aromatic rings. The van der Waals surface area contributed by atoms with E-state index in [0.717, 1.165) is 18.4 Å². The SMILES string of the molecule is O=Cc1ccc(C2=NCCO2)cc1. The summed E-state index contributed by atoms with van der Waals surface area (Å²) in [6, 6.07) is 7.20. The van der Waals surface area contributed by atoms with Crippen LogP contribution >= 0.6 is 0 Å². The molecule has 66 valence electrons. The molecule has 0 aliphatic carbocycles. The summed E-state index contributed by atoms with van der Waals surface area (Å²) in [6.07, 6.45) is 0.821. The van der Waals surface area contributed by atoms with Crippen molar-refractivity contribution in [3.05, 3.63) is 35.4 Å². The Morgan fingerprint density at radius 3 is 2.62 bits per heavy atom. The van der Waals surface area contributed by atoms with Gasteiger partial charge in [-0.2, -0.15) is 0 Å². The van der Waals surface area contributed by atoms with Gasteiger partial charge in [0.1, 0.15) is 12.9 Å². The molecule has 0 spiro atoms. The predicted molar refractivity (Wildman–Crippen MR) is 49.2 cm³/mol. The molecule has 1 aliphatic heterocycles. The molecule has 0 saturated carbocycles. The number of carbonyl (C=O) groups is 1. The molecular weight excluding hydrogens is 166 g/mol. The van der Waals surface area contributed by atoms with Gasteiger partial charge in [-0.05, 0) is 12.1 Å². The molecule has 3 heteroatoms. The molecule has 0 fully saturated rings. The van der Waals surface area contributed by atoms with Crippen molar-refractivity contribution < 1.29 is 9.53 Å². The monoisotopic (exact) mass is 175 g/mol. The minimum atomic E-state index is 0.658. The largest absolute Gasteiger partial charge is 0.476 e. The number of aldehydes is 1. The van der Waals surface area contributed by atoms with Gasteiger partial charge in [0.05, 0.1) is 6.54 Å². The van der Waals surface area contributed by atoms with E-state index in [-0.39, 0.29) is 0 Å². The Labute approximate surface area is 76.1 Å². The Morgan fingerprint density at radius 1 is 1.31 bits per heavy atom. The zero-order valence-corrected chi connectivity index (χ0v) is 7.06. The average Bonchev–Trinajstić information content (AvgIpc) is 2.71. The fourth-order valence-electron chi connectivity index (χ4n) is 1.21. The number of nitrogens with zero attached hydrogens (tertiary/aromatic N) is 1. The molecule has 1 aromatic carbocycles. The lowest BCUT2D eigenvalue weighted by Crippen LogP contribution is -2.00. The van der Waals surface area contributed by atoms with E-state index in [4.69, 9.17) is 4.74 Å². The van der Waals surface area contributed by atoms with Gasteiger partial charge in [-0.3, -0.25) is 4.79 Å². The molecule has 0 radical (unpaired) electrons. The molecule has 0 bridgehead atoms. The van der Waals surface area contributed by atoms with Crippen LogP contribution in [-0.4, -0.2) is 25.3 Å². The Kier molecular flexibility index (Phi) is 2.08. The number of aliphatic imine (C=N–C) groups is 1. The molecule has 0 aromatic heterocycles. The summed E-state index contributed by atoms with van der Waals surface area (Å²) in [7, 11) is 0. The maximum Gasteiger partial charge on any atom is 0.216 e. The van der Waals surface area contributed by atoms with Crippen LogP contribution < -0.4 is 0 Å². The Hall–Kier alpha value is -1.64. The Balaban J connectivity index is 2.26. The minimum Gasteiger partial charge on any atom is -0.476 e. The number of carbonyl (C=O) groups excluding carboxylic acids is 1. The van der Waals surface area contributed by atoms with E-state index >= 15 is 0 Å². The van der Waals surface area contributed by atoms with Crippen LogP contribution in [-0.2, 0) is 4.74 Å². The van der Waals surface area contributed by atoms with E-state index in [0.29, 0.717) is 18.1 Å². The van der Waals surface area contributed by atoms with Gasteiger partial charge >= 0.3 is 0 Å². The molecule has 0 atom stereocenters. The fourth-order valence-corrected chi connectivity index (χ4v) is 1.21. The van der Waals surface area contributed by atoms with Crippen molar-refractivity contribution in [1.29, 1.82) is 0 Å². The highest BCUT2D eigenvalue weighted by molar-refractivity contribution is 5.95. The molecule has 0 amide bonds. The summed E-state index contributed by atoms with van der Waals surface area (Å²) < 4.78 is 5.27. The average molecular weight is 175 g/mol. The first-order valence-corrected chi connectivity index (χ1v) is 4.13. The van der Waals surface area contributed by atoms with Crippen molar-refractivity contribution in [1.82, 2.24) is 0 Å². The molecule has 0 N–H and O–H groups in total. The summed E-state index contributed by atoms with van der Waals surface area (Å²) in [5.41, 5.74) is 1.60. The molecule has 0 saturated heterocycles. The molecular formula is C10H9NO2. The van der Waals surface area contributed by atoms with E-state index in [1.165, 1.54) is 0 Å². The highest BCUT2D eigenvalue weighted by Crippen LogP contribution is 2.08. The number of ether oxygens (including phenoxy) is 1. The van der Waals surface area contributed by atoms with Crippen LogP contribution in [0.5, 0.6) is 0 Å². The topological polar surface area (TPSA) is 38.7 Å². The highest BCUT2D eigenvalue weighted by atomic mass is 16.5. The van der Waals surface area contributed by atoms with E-state index in [2.05, 4.69) is 4.99 Å². The number of benzene rings is 1. The number of hydrogen-bond donors (Lipinski definition) is 0. The minimum absolute atomic E-state index is 0.658. The van der Waals surface area contributed by atoms with Gasteiger partial charge in [0, 0.05) is 11.1 Å². The van der Waals surface area contributed by atoms with Gasteiger partial charge in [0.2, 0.25) is 5.90 Å². The summed E-state index contributed by atoms with van der Waals surface area (Å²) in [4.78, 5) is 14.5. The second-order valence-corrected chi connectivity index (χ2v) is 2.78. The normalized spacial score (nSPS) is 14.9. The van der Waals surface area contributed by atoms with Crippen LogP contribution in [0.2, 0.25) is 0 Å². The summed E-state index contributed by atoms with van der Waals surface area (Å²) >= 11 is 0. The van der Waals surface area contributed by atoms with Gasteiger partial charge in [0.15, 0.2) is 0 Å². The Morgan fingerprint density at radius 2 is 2.08 bits per heavy atom. The molecule has 2 rings (SSSR count). The predicted octanol–water partition coefficient (Wildman–Crippen LogP) is 1.28. The lowest BCUT2D eigenvalue weighted by molar-refractivity contribution is 0.112. The quantitative estimate of drug-likeness (QED) is 0.635. The van der Waals surface area contributed by atoms with Gasteiger partial charge in [-0.15, -0.1) is 0 Å². The van der Waals surface area contributed by atoms with E-state index in [9.17, 15) is 4.79 Å². The molecule has 13 heavy (non-hydrogen) atoms. The zero-order valence-electron chi connectivity index (χ0n) is 7.06. The maximum atomic E-state index is 10.4. The first kappa shape index (κ1) is 7.98. The highest BCUT2D eigenvalue weighted by Gasteiger charge is 2.09. The molecule has 3 nitrogen and oxygen atoms in total. The second-order valence-electron chi connectivity index (χ2n) is 2.78. The fraction of sp³-hybridized carbons (Fsp3) is 0.200. The van der Waals surface area contributed by atoms with Crippen LogP contribution in [0.4, 0.5) is 0 Å². The standard InChI is InChI=1S/C10H9NO2/c12-7-8-1-3-9(4-2-8)10-11-5-6-13-10/h1-4,7H,5-6H2. The maximum absolute atomic E-state index is 10.4. The van der Waals surface area contributed by atoms with Crippen LogP contribution in [0.3, 0.4) is 0 Å². The van der Waals surface area contributed by atoms with Crippen molar-refractivity contribution in [3.8, 4) is 0 Å². The van der Waals surface area contributed by atoms with E-state index in [1.807, 2.05) is 12.1 Å². The van der Waals surface area contributed by atoms with Crippen LogP contribution in [0.25, 0.3) is 0 Å². The van der Waals surface area contributed by atoms with Gasteiger partial charge in [-0.1, -0.05) is 12.1 Å².